The van der Waals surface area contributed by atoms with Crippen molar-refractivity contribution in [1.29, 1.82) is 5.41 Å². The third-order valence-electron chi connectivity index (χ3n) is 1.52. The van der Waals surface area contributed by atoms with Crippen LogP contribution in [0.15, 0.2) is 0 Å². The Morgan fingerprint density at radius 1 is 1.58 bits per heavy atom. The Balaban J connectivity index is 4.42. The molecule has 0 aromatic heterocycles. The van der Waals surface area contributed by atoms with Crippen LogP contribution >= 0.6 is 11.6 Å². The third kappa shape index (κ3) is 2.62. The fourth-order valence-corrected chi connectivity index (χ4v) is 0.958. The van der Waals surface area contributed by atoms with Gasteiger partial charge in [-0.15, -0.1) is 11.6 Å². The monoisotopic (exact) mass is 190 g/mol. The van der Waals surface area contributed by atoms with Crippen LogP contribution in [0.1, 0.15) is 13.3 Å². The van der Waals surface area contributed by atoms with Gasteiger partial charge in [-0.05, 0) is 6.42 Å². The van der Waals surface area contributed by atoms with Gasteiger partial charge in [-0.2, -0.15) is 0 Å². The summed E-state index contributed by atoms with van der Waals surface area (Å²) in [6.07, 6.45) is 0.358. The number of alkyl halides is 1. The SMILES string of the molecule is CC[C@@H](C(=N)C(=O)CCl)C(N)=O. The van der Waals surface area contributed by atoms with Gasteiger partial charge in [-0.25, -0.2) is 0 Å². The average molecular weight is 191 g/mol. The molecule has 0 aliphatic heterocycles. The molecule has 0 heterocycles. The number of nitrogens with two attached hydrogens (primary N) is 1. The maximum absolute atomic E-state index is 10.9. The summed E-state index contributed by atoms with van der Waals surface area (Å²) in [5.74, 6) is -2.26. The number of carbonyl (C=O) groups excluding carboxylic acids is 2. The first-order chi connectivity index (χ1) is 5.54. The zero-order chi connectivity index (χ0) is 9.72. The largest absolute Gasteiger partial charge is 0.369 e. The van der Waals surface area contributed by atoms with Gasteiger partial charge in [0.15, 0.2) is 5.78 Å². The molecule has 0 unspecified atom stereocenters. The van der Waals surface area contributed by atoms with E-state index in [2.05, 4.69) is 0 Å². The molecule has 12 heavy (non-hydrogen) atoms. The molecule has 4 nitrogen and oxygen atoms in total. The number of ketones is 1. The third-order valence-corrected chi connectivity index (χ3v) is 1.76. The lowest BCUT2D eigenvalue weighted by molar-refractivity contribution is -0.121. The zero-order valence-corrected chi connectivity index (χ0v) is 7.52. The number of primary amides is 1. The summed E-state index contributed by atoms with van der Waals surface area (Å²) < 4.78 is 0. The molecule has 0 bridgehead atoms. The van der Waals surface area contributed by atoms with Crippen LogP contribution in [0.5, 0.6) is 0 Å². The number of carbonyl (C=O) groups is 2. The van der Waals surface area contributed by atoms with Crippen LogP contribution in [-0.2, 0) is 9.59 Å². The molecule has 0 spiro atoms. The number of rotatable bonds is 5. The summed E-state index contributed by atoms with van der Waals surface area (Å²) in [6.45, 7) is 1.69. The minimum atomic E-state index is -0.795. The van der Waals surface area contributed by atoms with Gasteiger partial charge in [0.05, 0.1) is 17.5 Å². The minimum Gasteiger partial charge on any atom is -0.369 e. The smallest absolute Gasteiger partial charge is 0.226 e. The van der Waals surface area contributed by atoms with E-state index in [1.54, 1.807) is 6.92 Å². The number of nitrogens with one attached hydrogen (secondary N) is 1. The van der Waals surface area contributed by atoms with Crippen LogP contribution < -0.4 is 5.73 Å². The Labute approximate surface area is 75.6 Å². The highest BCUT2D eigenvalue weighted by atomic mass is 35.5. The molecule has 68 valence electrons. The fraction of sp³-hybridized carbons (Fsp3) is 0.571. The van der Waals surface area contributed by atoms with Crippen molar-refractivity contribution in [2.75, 3.05) is 5.88 Å². The molecule has 0 saturated carbocycles. The highest BCUT2D eigenvalue weighted by Gasteiger charge is 2.23. The molecule has 0 saturated heterocycles. The van der Waals surface area contributed by atoms with Crippen molar-refractivity contribution in [1.82, 2.24) is 0 Å². The maximum Gasteiger partial charge on any atom is 0.226 e. The summed E-state index contributed by atoms with van der Waals surface area (Å²) in [7, 11) is 0. The topological polar surface area (TPSA) is 84.0 Å². The summed E-state index contributed by atoms with van der Waals surface area (Å²) in [4.78, 5) is 21.5. The molecule has 0 rings (SSSR count). The van der Waals surface area contributed by atoms with Gasteiger partial charge in [0.25, 0.3) is 0 Å². The Bertz CT molecular complexity index is 215. The van der Waals surface area contributed by atoms with E-state index in [1.807, 2.05) is 0 Å². The normalized spacial score (nSPS) is 12.2. The summed E-state index contributed by atoms with van der Waals surface area (Å²) in [5, 5.41) is 7.25. The molecule has 0 fully saturated rings. The minimum absolute atomic E-state index is 0.275. The maximum atomic E-state index is 10.9. The predicted molar refractivity (Wildman–Crippen MR) is 46.4 cm³/mol. The van der Waals surface area contributed by atoms with Gasteiger partial charge in [0.1, 0.15) is 0 Å². The predicted octanol–water partition coefficient (Wildman–Crippen LogP) is 0.326. The molecule has 0 aliphatic carbocycles. The van der Waals surface area contributed by atoms with E-state index >= 15 is 0 Å². The molecule has 0 aliphatic rings. The van der Waals surface area contributed by atoms with Crippen LogP contribution in [0.25, 0.3) is 0 Å². The Kier molecular flexibility index (Phi) is 4.51. The lowest BCUT2D eigenvalue weighted by Crippen LogP contribution is -2.34. The van der Waals surface area contributed by atoms with Crippen LogP contribution in [0, 0.1) is 11.3 Å². The molecule has 3 N–H and O–H groups in total. The Morgan fingerprint density at radius 3 is 2.33 bits per heavy atom. The summed E-state index contributed by atoms with van der Waals surface area (Å²) in [6, 6.07) is 0. The van der Waals surface area contributed by atoms with Crippen LogP contribution in [0.3, 0.4) is 0 Å². The second kappa shape index (κ2) is 4.87. The lowest BCUT2D eigenvalue weighted by atomic mass is 9.97. The van der Waals surface area contributed by atoms with Crippen LogP contribution in [-0.4, -0.2) is 23.3 Å². The summed E-state index contributed by atoms with van der Waals surface area (Å²) in [5.41, 5.74) is 4.67. The molecular formula is C7H11ClN2O2. The first kappa shape index (κ1) is 11.1. The van der Waals surface area contributed by atoms with Crippen LogP contribution in [0.2, 0.25) is 0 Å². The van der Waals surface area contributed by atoms with E-state index in [0.29, 0.717) is 6.42 Å². The molecule has 5 heteroatoms. The number of hydrogen-bond donors (Lipinski definition) is 2. The van der Waals surface area contributed by atoms with Crippen LogP contribution in [0.4, 0.5) is 0 Å². The van der Waals surface area contributed by atoms with Gasteiger partial charge in [0, 0.05) is 0 Å². The van der Waals surface area contributed by atoms with Gasteiger partial charge >= 0.3 is 0 Å². The lowest BCUT2D eigenvalue weighted by Gasteiger charge is -2.09. The van der Waals surface area contributed by atoms with E-state index in [4.69, 9.17) is 22.7 Å². The van der Waals surface area contributed by atoms with E-state index in [1.165, 1.54) is 0 Å². The number of Topliss-reactive ketones (excluding diaryl/α,β-unsaturated/α-hetero) is 1. The molecule has 0 radical (unpaired) electrons. The number of hydrogen-bond acceptors (Lipinski definition) is 3. The van der Waals surface area contributed by atoms with E-state index < -0.39 is 17.6 Å². The highest BCUT2D eigenvalue weighted by Crippen LogP contribution is 2.04. The van der Waals surface area contributed by atoms with Crippen molar-refractivity contribution in [3.05, 3.63) is 0 Å². The van der Waals surface area contributed by atoms with Gasteiger partial charge in [-0.3, -0.25) is 9.59 Å². The summed E-state index contributed by atoms with van der Waals surface area (Å²) >= 11 is 5.21. The molecule has 0 aromatic carbocycles. The average Bonchev–Trinajstić information content (AvgIpc) is 2.03. The molecule has 1 atom stereocenters. The van der Waals surface area contributed by atoms with E-state index in [9.17, 15) is 9.59 Å². The fourth-order valence-electron chi connectivity index (χ4n) is 0.814. The molecular weight excluding hydrogens is 180 g/mol. The number of amides is 1. The highest BCUT2D eigenvalue weighted by molar-refractivity contribution is 6.50. The molecule has 1 amide bonds. The van der Waals surface area contributed by atoms with Crippen molar-refractivity contribution >= 4 is 29.0 Å². The Hall–Kier alpha value is -0.900. The second-order valence-corrected chi connectivity index (χ2v) is 2.60. The van der Waals surface area contributed by atoms with Crippen molar-refractivity contribution < 1.29 is 9.59 Å². The van der Waals surface area contributed by atoms with E-state index in [0.717, 1.165) is 0 Å². The van der Waals surface area contributed by atoms with Crippen molar-refractivity contribution in [3.63, 3.8) is 0 Å². The van der Waals surface area contributed by atoms with E-state index in [-0.39, 0.29) is 11.6 Å². The first-order valence-electron chi connectivity index (χ1n) is 3.51. The standard InChI is InChI=1S/C7H11ClN2O2/c1-2-4(7(10)12)6(9)5(11)3-8/h4,9H,2-3H2,1H3,(H2,10,12)/t4-/m0/s1. The second-order valence-electron chi connectivity index (χ2n) is 2.33. The quantitative estimate of drug-likeness (QED) is 0.484. The number of halogens is 1. The van der Waals surface area contributed by atoms with Crippen molar-refractivity contribution in [2.24, 2.45) is 11.7 Å². The van der Waals surface area contributed by atoms with Crippen molar-refractivity contribution in [3.8, 4) is 0 Å². The van der Waals surface area contributed by atoms with Gasteiger partial charge in [-0.1, -0.05) is 6.92 Å². The Morgan fingerprint density at radius 2 is 2.08 bits per heavy atom. The zero-order valence-electron chi connectivity index (χ0n) is 6.76. The van der Waals surface area contributed by atoms with Crippen molar-refractivity contribution in [2.45, 2.75) is 13.3 Å². The van der Waals surface area contributed by atoms with Gasteiger partial charge < -0.3 is 11.1 Å². The van der Waals surface area contributed by atoms with Gasteiger partial charge in [0.2, 0.25) is 5.91 Å². The first-order valence-corrected chi connectivity index (χ1v) is 4.04. The molecule has 0 aromatic rings.